The van der Waals surface area contributed by atoms with Gasteiger partial charge in [-0.25, -0.2) is 17.9 Å². The highest BCUT2D eigenvalue weighted by Crippen LogP contribution is 2.46. The van der Waals surface area contributed by atoms with Gasteiger partial charge in [-0.15, -0.1) is 0 Å². The molecule has 4 unspecified atom stereocenters. The fraction of sp³-hybridized carbons (Fsp3) is 0.727. The fourth-order valence-corrected chi connectivity index (χ4v) is 3.80. The Morgan fingerprint density at radius 2 is 1.90 bits per heavy atom. The number of rotatable bonds is 4. The number of nitrogens with one attached hydrogen (secondary N) is 1. The molecule has 0 spiro atoms. The van der Waals surface area contributed by atoms with Gasteiger partial charge in [-0.2, -0.15) is 13.2 Å². The van der Waals surface area contributed by atoms with E-state index in [-0.39, 0.29) is 24.4 Å². The summed E-state index contributed by atoms with van der Waals surface area (Å²) in [5, 5.41) is 0. The summed E-state index contributed by atoms with van der Waals surface area (Å²) in [7, 11) is -5.32. The zero-order valence-electron chi connectivity index (χ0n) is 10.4. The van der Waals surface area contributed by atoms with Gasteiger partial charge in [-0.1, -0.05) is 6.58 Å². The molecular formula is C11H14F3NO4S. The maximum Gasteiger partial charge on any atom is 0.511 e. The molecular weight excluding hydrogens is 299 g/mol. The number of carbonyl (C=O) groups is 1. The van der Waals surface area contributed by atoms with E-state index in [1.165, 1.54) is 0 Å². The molecule has 2 bridgehead atoms. The molecule has 0 amide bonds. The third-order valence-electron chi connectivity index (χ3n) is 3.84. The van der Waals surface area contributed by atoms with Crippen LogP contribution in [-0.4, -0.2) is 32.0 Å². The number of carbonyl (C=O) groups excluding carboxylic acids is 1. The van der Waals surface area contributed by atoms with Gasteiger partial charge in [0.05, 0.1) is 0 Å². The summed E-state index contributed by atoms with van der Waals surface area (Å²) in [5.74, 6) is -0.917. The largest absolute Gasteiger partial charge is 0.511 e. The highest BCUT2D eigenvalue weighted by molar-refractivity contribution is 7.90. The van der Waals surface area contributed by atoms with Crippen LogP contribution in [0.4, 0.5) is 13.2 Å². The van der Waals surface area contributed by atoms with Crippen molar-refractivity contribution in [2.45, 2.75) is 36.9 Å². The minimum Gasteiger partial charge on any atom is -0.459 e. The molecule has 0 aromatic carbocycles. The van der Waals surface area contributed by atoms with Crippen molar-refractivity contribution in [2.75, 3.05) is 0 Å². The Bertz CT molecular complexity index is 516. The Hall–Kier alpha value is -1.09. The first-order valence-electron chi connectivity index (χ1n) is 6.05. The summed E-state index contributed by atoms with van der Waals surface area (Å²) in [6.07, 6.45) is 1.83. The van der Waals surface area contributed by atoms with Crippen molar-refractivity contribution in [2.24, 2.45) is 11.8 Å². The van der Waals surface area contributed by atoms with Crippen molar-refractivity contribution in [1.82, 2.24) is 4.72 Å². The van der Waals surface area contributed by atoms with Crippen LogP contribution >= 0.6 is 0 Å². The molecule has 5 nitrogen and oxygen atoms in total. The highest BCUT2D eigenvalue weighted by Gasteiger charge is 2.53. The van der Waals surface area contributed by atoms with E-state index in [2.05, 4.69) is 6.58 Å². The van der Waals surface area contributed by atoms with Crippen molar-refractivity contribution in [1.29, 1.82) is 0 Å². The van der Waals surface area contributed by atoms with Gasteiger partial charge in [-0.3, -0.25) is 0 Å². The van der Waals surface area contributed by atoms with Crippen LogP contribution in [0.5, 0.6) is 0 Å². The maximum absolute atomic E-state index is 12.3. The van der Waals surface area contributed by atoms with Gasteiger partial charge < -0.3 is 4.74 Å². The lowest BCUT2D eigenvalue weighted by Gasteiger charge is -2.28. The van der Waals surface area contributed by atoms with Gasteiger partial charge in [0, 0.05) is 12.1 Å². The Balaban J connectivity index is 1.96. The Morgan fingerprint density at radius 1 is 1.25 bits per heavy atom. The van der Waals surface area contributed by atoms with Crippen LogP contribution in [0.2, 0.25) is 0 Å². The molecule has 9 heteroatoms. The summed E-state index contributed by atoms with van der Waals surface area (Å²) in [6, 6.07) is -0.745. The number of ether oxygens (including phenoxy) is 1. The van der Waals surface area contributed by atoms with E-state index in [4.69, 9.17) is 4.74 Å². The van der Waals surface area contributed by atoms with Crippen LogP contribution < -0.4 is 4.72 Å². The van der Waals surface area contributed by atoms with E-state index < -0.39 is 27.5 Å². The average molecular weight is 313 g/mol. The van der Waals surface area contributed by atoms with Crippen molar-refractivity contribution in [3.8, 4) is 0 Å². The Morgan fingerprint density at radius 3 is 2.35 bits per heavy atom. The normalized spacial score (nSPS) is 33.1. The van der Waals surface area contributed by atoms with Crippen LogP contribution in [0.15, 0.2) is 12.7 Å². The standard InChI is InChI=1S/C11H14F3NO4S/c1-2-10(16)19-9-5-6-3-7(9)4-8(6)15-20(17,18)11(12,13)14/h2,6-9,15H,1,3-5H2. The third-order valence-corrected chi connectivity index (χ3v) is 5.06. The molecule has 0 aliphatic heterocycles. The van der Waals surface area contributed by atoms with Gasteiger partial charge in [-0.05, 0) is 31.1 Å². The van der Waals surface area contributed by atoms with Crippen LogP contribution in [0, 0.1) is 11.8 Å². The second kappa shape index (κ2) is 5.03. The molecule has 2 aliphatic carbocycles. The van der Waals surface area contributed by atoms with Gasteiger partial charge >= 0.3 is 21.5 Å². The number of alkyl halides is 3. The molecule has 2 saturated carbocycles. The lowest BCUT2D eigenvalue weighted by Crippen LogP contribution is -2.46. The van der Waals surface area contributed by atoms with Crippen molar-refractivity contribution >= 4 is 16.0 Å². The molecule has 0 aromatic rings. The molecule has 114 valence electrons. The van der Waals surface area contributed by atoms with Crippen molar-refractivity contribution in [3.63, 3.8) is 0 Å². The number of fused-ring (bicyclic) bond motifs is 2. The van der Waals surface area contributed by atoms with Crippen LogP contribution in [0.25, 0.3) is 0 Å². The second-order valence-corrected chi connectivity index (χ2v) is 6.79. The molecule has 2 aliphatic rings. The second-order valence-electron chi connectivity index (χ2n) is 5.08. The molecule has 1 N–H and O–H groups in total. The predicted molar refractivity (Wildman–Crippen MR) is 62.8 cm³/mol. The van der Waals surface area contributed by atoms with Crippen LogP contribution in [0.3, 0.4) is 0 Å². The molecule has 0 saturated heterocycles. The van der Waals surface area contributed by atoms with Crippen LogP contribution in [0.1, 0.15) is 19.3 Å². The average Bonchev–Trinajstić information content (AvgIpc) is 2.86. The van der Waals surface area contributed by atoms with Gasteiger partial charge in [0.25, 0.3) is 0 Å². The summed E-state index contributed by atoms with van der Waals surface area (Å²) < 4.78 is 65.8. The summed E-state index contributed by atoms with van der Waals surface area (Å²) in [5.41, 5.74) is -5.30. The zero-order chi connectivity index (χ0) is 15.1. The van der Waals surface area contributed by atoms with E-state index in [0.29, 0.717) is 12.8 Å². The van der Waals surface area contributed by atoms with E-state index in [1.54, 1.807) is 4.72 Å². The smallest absolute Gasteiger partial charge is 0.459 e. The van der Waals surface area contributed by atoms with Crippen LogP contribution in [-0.2, 0) is 19.6 Å². The maximum atomic E-state index is 12.3. The van der Waals surface area contributed by atoms with Gasteiger partial charge in [0.1, 0.15) is 6.10 Å². The summed E-state index contributed by atoms with van der Waals surface area (Å²) in [4.78, 5) is 11.1. The molecule has 0 aromatic heterocycles. The lowest BCUT2D eigenvalue weighted by atomic mass is 9.94. The lowest BCUT2D eigenvalue weighted by molar-refractivity contribution is -0.145. The first-order valence-corrected chi connectivity index (χ1v) is 7.54. The minimum absolute atomic E-state index is 0.107. The molecule has 2 fully saturated rings. The minimum atomic E-state index is -5.32. The summed E-state index contributed by atoms with van der Waals surface area (Å²) in [6.45, 7) is 3.26. The first-order chi connectivity index (χ1) is 9.14. The van der Waals surface area contributed by atoms with E-state index in [0.717, 1.165) is 6.08 Å². The topological polar surface area (TPSA) is 72.5 Å². The molecule has 2 rings (SSSR count). The quantitative estimate of drug-likeness (QED) is 0.627. The number of hydrogen-bond donors (Lipinski definition) is 1. The highest BCUT2D eigenvalue weighted by atomic mass is 32.2. The first kappa shape index (κ1) is 15.3. The van der Waals surface area contributed by atoms with E-state index >= 15 is 0 Å². The summed E-state index contributed by atoms with van der Waals surface area (Å²) >= 11 is 0. The third kappa shape index (κ3) is 2.83. The number of halogens is 3. The molecule has 0 heterocycles. The molecule has 4 atom stereocenters. The number of hydrogen-bond acceptors (Lipinski definition) is 4. The molecule has 20 heavy (non-hydrogen) atoms. The predicted octanol–water partition coefficient (Wildman–Crippen LogP) is 1.32. The Labute approximate surface area is 114 Å². The van der Waals surface area contributed by atoms with Crippen molar-refractivity contribution in [3.05, 3.63) is 12.7 Å². The van der Waals surface area contributed by atoms with Crippen molar-refractivity contribution < 1.29 is 31.1 Å². The Kier molecular flexibility index (Phi) is 3.85. The molecule has 0 radical (unpaired) electrons. The van der Waals surface area contributed by atoms with E-state index in [9.17, 15) is 26.4 Å². The fourth-order valence-electron chi connectivity index (χ4n) is 2.97. The van der Waals surface area contributed by atoms with Gasteiger partial charge in [0.2, 0.25) is 0 Å². The number of sulfonamides is 1. The SMILES string of the molecule is C=CC(=O)OC1CC2CC1CC2NS(=O)(=O)C(F)(F)F. The number of esters is 1. The van der Waals surface area contributed by atoms with Gasteiger partial charge in [0.15, 0.2) is 0 Å². The monoisotopic (exact) mass is 313 g/mol. The zero-order valence-corrected chi connectivity index (χ0v) is 11.2. The van der Waals surface area contributed by atoms with E-state index in [1.807, 2.05) is 0 Å².